The van der Waals surface area contributed by atoms with E-state index in [1.807, 2.05) is 6.07 Å². The Bertz CT molecular complexity index is 4140. The van der Waals surface area contributed by atoms with Gasteiger partial charge in [0.25, 0.3) is 0 Å². The number of para-hydroxylation sites is 6. The van der Waals surface area contributed by atoms with Crippen molar-refractivity contribution in [1.82, 2.24) is 0 Å². The molecule has 0 N–H and O–H groups in total. The van der Waals surface area contributed by atoms with Gasteiger partial charge >= 0.3 is 0 Å². The van der Waals surface area contributed by atoms with Crippen LogP contribution in [0.5, 0.6) is 0 Å². The lowest BCUT2D eigenvalue weighted by atomic mass is 9.97. The van der Waals surface area contributed by atoms with Gasteiger partial charge in [0.2, 0.25) is 0 Å². The quantitative estimate of drug-likeness (QED) is 0.137. The molecule has 14 aromatic rings. The zero-order valence-corrected chi connectivity index (χ0v) is 39.6. The summed E-state index contributed by atoms with van der Waals surface area (Å²) in [6.45, 7) is 0. The van der Waals surface area contributed by atoms with Crippen molar-refractivity contribution >= 4 is 117 Å². The standard InChI is InChI=1S/C68H45N3O2/c1-6-23-49(24-7-1)69(50-25-8-2-9-26-50)54-40-48(41-55(44-54)70(51-27-10-3-11-28-51)52-29-12-4-13-30-52)46-38-39-64-60(42-46)67-56-33-17-16-22-47(56)43-62(68(67)73-64)71(53-31-14-5-15-32-53)61-45-65-66(58-35-19-18-34-57(58)61)59-36-20-21-37-63(59)72-65/h1-45H. The number of anilines is 9. The van der Waals surface area contributed by atoms with E-state index >= 15 is 0 Å². The van der Waals surface area contributed by atoms with Crippen molar-refractivity contribution in [2.45, 2.75) is 0 Å². The molecule has 0 amide bonds. The highest BCUT2D eigenvalue weighted by Gasteiger charge is 2.26. The van der Waals surface area contributed by atoms with E-state index in [1.54, 1.807) is 0 Å². The Balaban J connectivity index is 1.02. The van der Waals surface area contributed by atoms with E-state index < -0.39 is 0 Å². The molecule has 0 saturated heterocycles. The highest BCUT2D eigenvalue weighted by atomic mass is 16.3. The predicted molar refractivity (Wildman–Crippen MR) is 305 cm³/mol. The Hall–Kier alpha value is -9.84. The Kier molecular flexibility index (Phi) is 10.1. The third kappa shape index (κ3) is 7.25. The van der Waals surface area contributed by atoms with Gasteiger partial charge in [-0.05, 0) is 130 Å². The summed E-state index contributed by atoms with van der Waals surface area (Å²) in [5.41, 5.74) is 14.7. The summed E-state index contributed by atoms with van der Waals surface area (Å²) in [7, 11) is 0. The van der Waals surface area contributed by atoms with Gasteiger partial charge in [-0.1, -0.05) is 164 Å². The summed E-state index contributed by atoms with van der Waals surface area (Å²) in [5.74, 6) is 0. The van der Waals surface area contributed by atoms with Crippen LogP contribution in [-0.2, 0) is 0 Å². The first-order valence-electron chi connectivity index (χ1n) is 24.7. The van der Waals surface area contributed by atoms with Crippen molar-refractivity contribution in [3.8, 4) is 11.1 Å². The smallest absolute Gasteiger partial charge is 0.160 e. The van der Waals surface area contributed by atoms with Crippen LogP contribution in [0.25, 0.3) is 76.5 Å². The van der Waals surface area contributed by atoms with E-state index in [9.17, 15) is 0 Å². The second kappa shape index (κ2) is 17.5. The topological polar surface area (TPSA) is 36.0 Å². The molecule has 5 heteroatoms. The van der Waals surface area contributed by atoms with E-state index in [0.717, 1.165) is 128 Å². The molecule has 0 aliphatic rings. The van der Waals surface area contributed by atoms with Crippen molar-refractivity contribution in [2.24, 2.45) is 0 Å². The normalized spacial score (nSPS) is 11.6. The van der Waals surface area contributed by atoms with Gasteiger partial charge in [0.15, 0.2) is 5.58 Å². The molecular weight excluding hydrogens is 891 g/mol. The molecule has 344 valence electrons. The average Bonchev–Trinajstić information content (AvgIpc) is 4.06. The second-order valence-corrected chi connectivity index (χ2v) is 18.5. The predicted octanol–water partition coefficient (Wildman–Crippen LogP) is 19.9. The molecule has 0 atom stereocenters. The minimum absolute atomic E-state index is 0.802. The molecule has 0 bridgehead atoms. The molecule has 0 saturated carbocycles. The first kappa shape index (κ1) is 42.1. The summed E-state index contributed by atoms with van der Waals surface area (Å²) in [5, 5.41) is 8.78. The van der Waals surface area contributed by atoms with Crippen LogP contribution in [0.3, 0.4) is 0 Å². The molecular formula is C68H45N3O2. The molecule has 0 radical (unpaired) electrons. The number of nitrogens with zero attached hydrogens (tertiary/aromatic N) is 3. The van der Waals surface area contributed by atoms with Gasteiger partial charge in [0, 0.05) is 72.8 Å². The van der Waals surface area contributed by atoms with Crippen LogP contribution in [0, 0.1) is 0 Å². The Labute approximate surface area is 422 Å². The van der Waals surface area contributed by atoms with Gasteiger partial charge < -0.3 is 23.5 Å². The maximum Gasteiger partial charge on any atom is 0.160 e. The fraction of sp³-hybridized carbons (Fsp3) is 0. The largest absolute Gasteiger partial charge is 0.456 e. The van der Waals surface area contributed by atoms with Crippen LogP contribution in [-0.4, -0.2) is 0 Å². The highest BCUT2D eigenvalue weighted by molar-refractivity contribution is 6.26. The van der Waals surface area contributed by atoms with Gasteiger partial charge in [0.1, 0.15) is 16.7 Å². The zero-order valence-electron chi connectivity index (χ0n) is 39.6. The SMILES string of the molecule is c1ccc(N(c2ccccc2)c2cc(-c3ccc4oc5c(N(c6ccccc6)c6cc7oc8ccccc8c7c7ccccc67)cc6ccccc6c5c4c3)cc(N(c3ccccc3)c3ccccc3)c2)cc1. The van der Waals surface area contributed by atoms with Crippen molar-refractivity contribution in [3.05, 3.63) is 273 Å². The van der Waals surface area contributed by atoms with Crippen molar-refractivity contribution in [2.75, 3.05) is 14.7 Å². The molecule has 2 aromatic heterocycles. The van der Waals surface area contributed by atoms with Crippen LogP contribution in [0.4, 0.5) is 51.2 Å². The maximum atomic E-state index is 7.23. The molecule has 5 nitrogen and oxygen atoms in total. The van der Waals surface area contributed by atoms with Gasteiger partial charge in [-0.3, -0.25) is 0 Å². The summed E-state index contributed by atoms with van der Waals surface area (Å²) in [6.07, 6.45) is 0. The Morgan fingerprint density at radius 3 is 1.27 bits per heavy atom. The Morgan fingerprint density at radius 1 is 0.233 bits per heavy atom. The molecule has 0 unspecified atom stereocenters. The number of fused-ring (bicyclic) bond motifs is 10. The first-order chi connectivity index (χ1) is 36.2. The minimum Gasteiger partial charge on any atom is -0.456 e. The number of hydrogen-bond donors (Lipinski definition) is 0. The summed E-state index contributed by atoms with van der Waals surface area (Å²) >= 11 is 0. The van der Waals surface area contributed by atoms with Crippen molar-refractivity contribution < 1.29 is 8.83 Å². The highest BCUT2D eigenvalue weighted by Crippen LogP contribution is 2.50. The Morgan fingerprint density at radius 2 is 0.699 bits per heavy atom. The number of hydrogen-bond acceptors (Lipinski definition) is 5. The molecule has 0 aliphatic carbocycles. The van der Waals surface area contributed by atoms with Gasteiger partial charge in [-0.2, -0.15) is 0 Å². The van der Waals surface area contributed by atoms with E-state index in [0.29, 0.717) is 0 Å². The molecule has 73 heavy (non-hydrogen) atoms. The van der Waals surface area contributed by atoms with Gasteiger partial charge in [-0.15, -0.1) is 0 Å². The lowest BCUT2D eigenvalue weighted by Gasteiger charge is -2.30. The average molecular weight is 936 g/mol. The molecule has 12 aromatic carbocycles. The molecule has 0 spiro atoms. The van der Waals surface area contributed by atoms with Crippen LogP contribution in [0.1, 0.15) is 0 Å². The third-order valence-corrected chi connectivity index (χ3v) is 14.1. The van der Waals surface area contributed by atoms with E-state index in [4.69, 9.17) is 8.83 Å². The van der Waals surface area contributed by atoms with Gasteiger partial charge in [-0.25, -0.2) is 0 Å². The summed E-state index contributed by atoms with van der Waals surface area (Å²) < 4.78 is 13.9. The van der Waals surface area contributed by atoms with E-state index in [1.165, 1.54) is 0 Å². The van der Waals surface area contributed by atoms with Crippen molar-refractivity contribution in [1.29, 1.82) is 0 Å². The van der Waals surface area contributed by atoms with Crippen LogP contribution in [0.2, 0.25) is 0 Å². The fourth-order valence-electron chi connectivity index (χ4n) is 10.9. The minimum atomic E-state index is 0.802. The van der Waals surface area contributed by atoms with E-state index in [2.05, 4.69) is 282 Å². The third-order valence-electron chi connectivity index (χ3n) is 14.1. The molecule has 2 heterocycles. The van der Waals surface area contributed by atoms with Gasteiger partial charge in [0.05, 0.1) is 11.4 Å². The second-order valence-electron chi connectivity index (χ2n) is 18.5. The zero-order chi connectivity index (χ0) is 48.2. The lowest BCUT2D eigenvalue weighted by Crippen LogP contribution is -2.13. The number of furan rings is 2. The lowest BCUT2D eigenvalue weighted by molar-refractivity contribution is 0.668. The molecule has 0 fully saturated rings. The fourth-order valence-corrected chi connectivity index (χ4v) is 10.9. The number of rotatable bonds is 10. The van der Waals surface area contributed by atoms with E-state index in [-0.39, 0.29) is 0 Å². The van der Waals surface area contributed by atoms with Crippen LogP contribution < -0.4 is 14.7 Å². The molecule has 0 aliphatic heterocycles. The number of benzene rings is 12. The van der Waals surface area contributed by atoms with Crippen LogP contribution in [0.15, 0.2) is 282 Å². The summed E-state index contributed by atoms with van der Waals surface area (Å²) in [6, 6.07) is 96.9. The maximum absolute atomic E-state index is 7.23. The monoisotopic (exact) mass is 935 g/mol. The van der Waals surface area contributed by atoms with Crippen LogP contribution >= 0.6 is 0 Å². The van der Waals surface area contributed by atoms with Crippen molar-refractivity contribution in [3.63, 3.8) is 0 Å². The molecule has 14 rings (SSSR count). The summed E-state index contributed by atoms with van der Waals surface area (Å²) in [4.78, 5) is 7.04. The first-order valence-corrected chi connectivity index (χ1v) is 24.7.